The molecule has 1 aliphatic rings. The first-order valence-electron chi connectivity index (χ1n) is 6.57. The molecule has 1 fully saturated rings. The van der Waals surface area contributed by atoms with E-state index in [2.05, 4.69) is 10.0 Å². The first-order valence-corrected chi connectivity index (χ1v) is 6.57. The highest BCUT2D eigenvalue weighted by Gasteiger charge is 2.17. The van der Waals surface area contributed by atoms with Gasteiger partial charge in [0.05, 0.1) is 12.1 Å². The minimum Gasteiger partial charge on any atom is -0.393 e. The van der Waals surface area contributed by atoms with Gasteiger partial charge in [-0.05, 0) is 18.4 Å². The van der Waals surface area contributed by atoms with Gasteiger partial charge in [0, 0.05) is 4.91 Å². The molecule has 0 heterocycles. The molecule has 0 aromatic carbocycles. The van der Waals surface area contributed by atoms with Gasteiger partial charge in [-0.25, -0.2) is 0 Å². The smallest absolute Gasteiger partial charge is 0.0633 e. The van der Waals surface area contributed by atoms with E-state index in [9.17, 15) is 5.11 Å². The first kappa shape index (κ1) is 13.3. The average Bonchev–Trinajstić information content (AvgIpc) is 2.28. The van der Waals surface area contributed by atoms with Gasteiger partial charge >= 0.3 is 0 Å². The van der Waals surface area contributed by atoms with Gasteiger partial charge in [0.25, 0.3) is 0 Å². The number of hydrogen-bond donors (Lipinski definition) is 1. The Morgan fingerprint density at radius 1 is 0.875 bits per heavy atom. The highest BCUT2D eigenvalue weighted by Crippen LogP contribution is 2.19. The molecule has 1 aliphatic carbocycles. The van der Waals surface area contributed by atoms with Crippen LogP contribution in [0.25, 0.3) is 10.4 Å². The van der Waals surface area contributed by atoms with E-state index in [0.29, 0.717) is 0 Å². The van der Waals surface area contributed by atoms with E-state index in [0.717, 1.165) is 25.7 Å². The lowest BCUT2D eigenvalue weighted by atomic mass is 9.96. The second-order valence-corrected chi connectivity index (χ2v) is 4.75. The third-order valence-electron chi connectivity index (χ3n) is 3.39. The van der Waals surface area contributed by atoms with Crippen molar-refractivity contribution in [3.05, 3.63) is 10.4 Å². The lowest BCUT2D eigenvalue weighted by molar-refractivity contribution is 0.126. The fourth-order valence-electron chi connectivity index (χ4n) is 2.35. The molecule has 16 heavy (non-hydrogen) atoms. The quantitative estimate of drug-likeness (QED) is 0.410. The number of azide groups is 1. The molecular weight excluding hydrogens is 202 g/mol. The van der Waals surface area contributed by atoms with Crippen molar-refractivity contribution in [2.24, 2.45) is 5.11 Å². The second-order valence-electron chi connectivity index (χ2n) is 4.75. The topological polar surface area (TPSA) is 69.0 Å². The fraction of sp³-hybridized carbons (Fsp3) is 1.00. The molecule has 4 heteroatoms. The highest BCUT2D eigenvalue weighted by molar-refractivity contribution is 4.76. The lowest BCUT2D eigenvalue weighted by Gasteiger charge is -2.19. The molecule has 0 aromatic heterocycles. The van der Waals surface area contributed by atoms with Crippen LogP contribution in [0.4, 0.5) is 0 Å². The summed E-state index contributed by atoms with van der Waals surface area (Å²) < 4.78 is 0. The van der Waals surface area contributed by atoms with E-state index in [4.69, 9.17) is 5.53 Å². The Hall–Kier alpha value is -0.730. The van der Waals surface area contributed by atoms with E-state index < -0.39 is 6.10 Å². The van der Waals surface area contributed by atoms with Gasteiger partial charge in [-0.2, -0.15) is 0 Å². The van der Waals surface area contributed by atoms with Crippen LogP contribution in [-0.4, -0.2) is 17.3 Å². The molecule has 0 bridgehead atoms. The Labute approximate surface area is 97.7 Å². The SMILES string of the molecule is [N-]=[N+]=NC1CCCCCCCCCCC1O. The van der Waals surface area contributed by atoms with Gasteiger partial charge < -0.3 is 5.11 Å². The van der Waals surface area contributed by atoms with Gasteiger partial charge in [0.2, 0.25) is 0 Å². The Kier molecular flexibility index (Phi) is 7.02. The summed E-state index contributed by atoms with van der Waals surface area (Å²) in [7, 11) is 0. The van der Waals surface area contributed by atoms with E-state index in [1.807, 2.05) is 0 Å². The fourth-order valence-corrected chi connectivity index (χ4v) is 2.35. The summed E-state index contributed by atoms with van der Waals surface area (Å²) >= 11 is 0. The summed E-state index contributed by atoms with van der Waals surface area (Å²) in [6, 6.07) is -0.204. The van der Waals surface area contributed by atoms with Crippen molar-refractivity contribution < 1.29 is 5.11 Å². The number of rotatable bonds is 1. The maximum Gasteiger partial charge on any atom is 0.0633 e. The second kappa shape index (κ2) is 8.43. The summed E-state index contributed by atoms with van der Waals surface area (Å²) in [5.74, 6) is 0. The summed E-state index contributed by atoms with van der Waals surface area (Å²) in [6.45, 7) is 0. The number of hydrogen-bond acceptors (Lipinski definition) is 2. The summed E-state index contributed by atoms with van der Waals surface area (Å²) in [5, 5.41) is 13.6. The Morgan fingerprint density at radius 2 is 1.38 bits per heavy atom. The molecule has 0 saturated heterocycles. The van der Waals surface area contributed by atoms with Crippen molar-refractivity contribution in [2.45, 2.75) is 76.4 Å². The Morgan fingerprint density at radius 3 is 1.94 bits per heavy atom. The molecule has 0 radical (unpaired) electrons. The molecule has 4 nitrogen and oxygen atoms in total. The third-order valence-corrected chi connectivity index (χ3v) is 3.39. The molecule has 0 aliphatic heterocycles. The van der Waals surface area contributed by atoms with E-state index >= 15 is 0 Å². The van der Waals surface area contributed by atoms with Gasteiger partial charge in [-0.15, -0.1) is 0 Å². The highest BCUT2D eigenvalue weighted by atomic mass is 16.3. The summed E-state index contributed by atoms with van der Waals surface area (Å²) in [4.78, 5) is 2.84. The minimum atomic E-state index is -0.435. The van der Waals surface area contributed by atoms with Crippen LogP contribution in [0.1, 0.15) is 64.2 Å². The van der Waals surface area contributed by atoms with Crippen LogP contribution >= 0.6 is 0 Å². The summed E-state index contributed by atoms with van der Waals surface area (Å²) in [5.41, 5.74) is 8.47. The normalized spacial score (nSPS) is 29.6. The first-order chi connectivity index (χ1) is 7.84. The molecule has 1 rings (SSSR count). The minimum absolute atomic E-state index is 0.204. The third kappa shape index (κ3) is 5.38. The van der Waals surface area contributed by atoms with Crippen molar-refractivity contribution in [1.29, 1.82) is 0 Å². The molecule has 2 unspecified atom stereocenters. The van der Waals surface area contributed by atoms with Crippen molar-refractivity contribution in [2.75, 3.05) is 0 Å². The van der Waals surface area contributed by atoms with Crippen LogP contribution in [0.2, 0.25) is 0 Å². The van der Waals surface area contributed by atoms with E-state index in [-0.39, 0.29) is 6.04 Å². The van der Waals surface area contributed by atoms with Gasteiger partial charge in [0.15, 0.2) is 0 Å². The molecule has 92 valence electrons. The van der Waals surface area contributed by atoms with E-state index in [1.54, 1.807) is 0 Å². The maximum absolute atomic E-state index is 9.92. The molecule has 1 saturated carbocycles. The van der Waals surface area contributed by atoms with Crippen LogP contribution in [0.15, 0.2) is 5.11 Å². The number of aliphatic hydroxyl groups excluding tert-OH is 1. The van der Waals surface area contributed by atoms with Crippen LogP contribution in [0.5, 0.6) is 0 Å². The standard InChI is InChI=1S/C12H23N3O/c13-15-14-11-9-7-5-3-1-2-4-6-8-10-12(11)16/h11-12,16H,1-10H2. The molecule has 1 N–H and O–H groups in total. The molecule has 0 amide bonds. The lowest BCUT2D eigenvalue weighted by Crippen LogP contribution is -2.23. The predicted molar refractivity (Wildman–Crippen MR) is 65.1 cm³/mol. The number of nitrogens with zero attached hydrogens (tertiary/aromatic N) is 3. The van der Waals surface area contributed by atoms with Crippen molar-refractivity contribution in [1.82, 2.24) is 0 Å². The zero-order valence-corrected chi connectivity index (χ0v) is 10.0. The van der Waals surface area contributed by atoms with Crippen LogP contribution < -0.4 is 0 Å². The molecule has 0 aromatic rings. The van der Waals surface area contributed by atoms with Crippen LogP contribution in [0.3, 0.4) is 0 Å². The van der Waals surface area contributed by atoms with E-state index in [1.165, 1.54) is 38.5 Å². The van der Waals surface area contributed by atoms with Crippen LogP contribution in [0, 0.1) is 0 Å². The van der Waals surface area contributed by atoms with Crippen molar-refractivity contribution >= 4 is 0 Å². The molecule has 2 atom stereocenters. The maximum atomic E-state index is 9.92. The van der Waals surface area contributed by atoms with Crippen molar-refractivity contribution in [3.8, 4) is 0 Å². The van der Waals surface area contributed by atoms with Gasteiger partial charge in [-0.3, -0.25) is 0 Å². The van der Waals surface area contributed by atoms with Crippen LogP contribution in [-0.2, 0) is 0 Å². The molecular formula is C12H23N3O. The van der Waals surface area contributed by atoms with Gasteiger partial charge in [0.1, 0.15) is 0 Å². The largest absolute Gasteiger partial charge is 0.393 e. The zero-order chi connectivity index (χ0) is 11.6. The zero-order valence-electron chi connectivity index (χ0n) is 10.0. The molecule has 0 spiro atoms. The predicted octanol–water partition coefficient (Wildman–Crippen LogP) is 3.94. The average molecular weight is 225 g/mol. The van der Waals surface area contributed by atoms with Gasteiger partial charge in [-0.1, -0.05) is 56.5 Å². The van der Waals surface area contributed by atoms with Crippen molar-refractivity contribution in [3.63, 3.8) is 0 Å². The summed E-state index contributed by atoms with van der Waals surface area (Å²) in [6.07, 6.45) is 10.9. The number of aliphatic hydroxyl groups is 1. The Balaban J connectivity index is 2.42. The monoisotopic (exact) mass is 225 g/mol. The Bertz CT molecular complexity index is 226.